The van der Waals surface area contributed by atoms with Gasteiger partial charge in [-0.3, -0.25) is 14.5 Å². The smallest absolute Gasteiger partial charge is 0.220 e. The molecule has 2 aromatic rings. The third-order valence-corrected chi connectivity index (χ3v) is 5.10. The van der Waals surface area contributed by atoms with E-state index < -0.39 is 0 Å². The van der Waals surface area contributed by atoms with Gasteiger partial charge in [-0.2, -0.15) is 0 Å². The van der Waals surface area contributed by atoms with Crippen molar-refractivity contribution < 1.29 is 18.7 Å². The first kappa shape index (κ1) is 21.1. The number of ketones is 1. The van der Waals surface area contributed by atoms with Crippen LogP contribution in [0.15, 0.2) is 48.5 Å². The minimum absolute atomic E-state index is 0.0929. The maximum absolute atomic E-state index is 13.0. The highest BCUT2D eigenvalue weighted by Gasteiger charge is 2.20. The molecule has 1 aliphatic heterocycles. The molecule has 1 atom stereocenters. The van der Waals surface area contributed by atoms with E-state index in [0.29, 0.717) is 25.3 Å². The van der Waals surface area contributed by atoms with E-state index in [1.165, 1.54) is 24.3 Å². The van der Waals surface area contributed by atoms with Crippen LogP contribution in [0.3, 0.4) is 0 Å². The summed E-state index contributed by atoms with van der Waals surface area (Å²) in [6.45, 7) is 5.79. The summed E-state index contributed by atoms with van der Waals surface area (Å²) in [5, 5.41) is 3.08. The highest BCUT2D eigenvalue weighted by molar-refractivity contribution is 5.97. The van der Waals surface area contributed by atoms with E-state index in [1.807, 2.05) is 31.2 Å². The average Bonchev–Trinajstić information content (AvgIpc) is 2.73. The number of rotatable bonds is 8. The molecule has 1 saturated heterocycles. The van der Waals surface area contributed by atoms with Crippen LogP contribution in [0.2, 0.25) is 0 Å². The molecule has 1 heterocycles. The van der Waals surface area contributed by atoms with Crippen LogP contribution < -0.4 is 5.32 Å². The lowest BCUT2D eigenvalue weighted by Crippen LogP contribution is -2.43. The van der Waals surface area contributed by atoms with Crippen LogP contribution in [0.4, 0.5) is 4.39 Å². The zero-order valence-corrected chi connectivity index (χ0v) is 16.7. The van der Waals surface area contributed by atoms with Gasteiger partial charge in [-0.25, -0.2) is 4.39 Å². The summed E-state index contributed by atoms with van der Waals surface area (Å²) in [6.07, 6.45) is 0.192. The minimum atomic E-state index is -0.386. The Morgan fingerprint density at radius 3 is 2.34 bits per heavy atom. The number of nitrogens with one attached hydrogen (secondary N) is 1. The molecule has 154 valence electrons. The van der Waals surface area contributed by atoms with Gasteiger partial charge in [0.1, 0.15) is 5.82 Å². The summed E-state index contributed by atoms with van der Waals surface area (Å²) in [6, 6.07) is 13.4. The maximum atomic E-state index is 13.0. The molecule has 0 unspecified atom stereocenters. The largest absolute Gasteiger partial charge is 0.379 e. The second kappa shape index (κ2) is 10.3. The van der Waals surface area contributed by atoms with Gasteiger partial charge in [0.25, 0.3) is 0 Å². The van der Waals surface area contributed by atoms with Gasteiger partial charge in [0.2, 0.25) is 5.91 Å². The molecule has 0 radical (unpaired) electrons. The quantitative estimate of drug-likeness (QED) is 0.694. The molecule has 29 heavy (non-hydrogen) atoms. The molecule has 1 N–H and O–H groups in total. The van der Waals surface area contributed by atoms with Crippen LogP contribution in [0.1, 0.15) is 40.4 Å². The van der Waals surface area contributed by atoms with E-state index in [9.17, 15) is 14.0 Å². The number of hydrogen-bond donors (Lipinski definition) is 1. The number of carbonyl (C=O) groups is 2. The van der Waals surface area contributed by atoms with Crippen molar-refractivity contribution in [2.75, 3.05) is 32.8 Å². The van der Waals surface area contributed by atoms with Crippen molar-refractivity contribution in [1.82, 2.24) is 10.2 Å². The number of benzene rings is 2. The lowest BCUT2D eigenvalue weighted by molar-refractivity contribution is -0.122. The molecule has 1 aliphatic rings. The minimum Gasteiger partial charge on any atom is -0.379 e. The molecule has 0 aromatic heterocycles. The van der Waals surface area contributed by atoms with Crippen LogP contribution in [-0.4, -0.2) is 49.4 Å². The van der Waals surface area contributed by atoms with E-state index in [0.717, 1.165) is 24.2 Å². The van der Waals surface area contributed by atoms with Gasteiger partial charge >= 0.3 is 0 Å². The van der Waals surface area contributed by atoms with Crippen molar-refractivity contribution in [3.63, 3.8) is 0 Å². The average molecular weight is 398 g/mol. The summed E-state index contributed by atoms with van der Waals surface area (Å²) in [5.74, 6) is -0.720. The topological polar surface area (TPSA) is 58.6 Å². The summed E-state index contributed by atoms with van der Waals surface area (Å²) in [7, 11) is 0. The van der Waals surface area contributed by atoms with Crippen molar-refractivity contribution in [1.29, 1.82) is 0 Å². The second-order valence-electron chi connectivity index (χ2n) is 7.37. The zero-order valence-electron chi connectivity index (χ0n) is 16.7. The fourth-order valence-electron chi connectivity index (χ4n) is 3.35. The standard InChI is InChI=1S/C23H27FN2O3/c1-17-2-4-18(5-3-17)21(16-26-12-14-29-15-13-26)25-23(28)11-10-22(27)19-6-8-20(24)9-7-19/h2-9,21H,10-16H2,1H3,(H,25,28)/t21-/m1/s1. The van der Waals surface area contributed by atoms with Gasteiger partial charge < -0.3 is 10.1 Å². The Kier molecular flexibility index (Phi) is 7.49. The Hall–Kier alpha value is -2.57. The molecule has 0 bridgehead atoms. The second-order valence-corrected chi connectivity index (χ2v) is 7.37. The number of morpholine rings is 1. The van der Waals surface area contributed by atoms with E-state index in [-0.39, 0.29) is 36.4 Å². The molecule has 0 aliphatic carbocycles. The SMILES string of the molecule is Cc1ccc([C@@H](CN2CCOCC2)NC(=O)CCC(=O)c2ccc(F)cc2)cc1. The van der Waals surface area contributed by atoms with Crippen molar-refractivity contribution in [3.8, 4) is 0 Å². The third-order valence-electron chi connectivity index (χ3n) is 5.10. The molecule has 1 amide bonds. The summed E-state index contributed by atoms with van der Waals surface area (Å²) in [5.41, 5.74) is 2.62. The Bertz CT molecular complexity index is 815. The number of amides is 1. The van der Waals surface area contributed by atoms with E-state index in [1.54, 1.807) is 0 Å². The number of nitrogens with zero attached hydrogens (tertiary/aromatic N) is 1. The number of halogens is 1. The normalized spacial score (nSPS) is 15.7. The summed E-state index contributed by atoms with van der Waals surface area (Å²) in [4.78, 5) is 27.1. The number of aryl methyl sites for hydroxylation is 1. The molecule has 0 spiro atoms. The lowest BCUT2D eigenvalue weighted by atomic mass is 10.0. The predicted octanol–water partition coefficient (Wildman–Crippen LogP) is 3.29. The van der Waals surface area contributed by atoms with Gasteiger partial charge in [-0.15, -0.1) is 0 Å². The van der Waals surface area contributed by atoms with Gasteiger partial charge in [-0.05, 0) is 36.8 Å². The first-order chi connectivity index (χ1) is 14.0. The maximum Gasteiger partial charge on any atom is 0.220 e. The summed E-state index contributed by atoms with van der Waals surface area (Å²) >= 11 is 0. The van der Waals surface area contributed by atoms with Crippen molar-refractivity contribution in [3.05, 3.63) is 71.0 Å². The van der Waals surface area contributed by atoms with Crippen LogP contribution in [-0.2, 0) is 9.53 Å². The zero-order chi connectivity index (χ0) is 20.6. The van der Waals surface area contributed by atoms with E-state index in [2.05, 4.69) is 10.2 Å². The molecule has 6 heteroatoms. The monoisotopic (exact) mass is 398 g/mol. The molecule has 2 aromatic carbocycles. The predicted molar refractivity (Wildman–Crippen MR) is 109 cm³/mol. The van der Waals surface area contributed by atoms with Crippen LogP contribution in [0.5, 0.6) is 0 Å². The fraction of sp³-hybridized carbons (Fsp3) is 0.391. The Labute approximate surface area is 170 Å². The number of ether oxygens (including phenoxy) is 1. The van der Waals surface area contributed by atoms with Crippen molar-refractivity contribution in [2.24, 2.45) is 0 Å². The first-order valence-electron chi connectivity index (χ1n) is 9.96. The fourth-order valence-corrected chi connectivity index (χ4v) is 3.35. The Balaban J connectivity index is 1.59. The molecular weight excluding hydrogens is 371 g/mol. The molecule has 3 rings (SSSR count). The first-order valence-corrected chi connectivity index (χ1v) is 9.96. The Morgan fingerprint density at radius 2 is 1.69 bits per heavy atom. The van der Waals surface area contributed by atoms with E-state index in [4.69, 9.17) is 4.74 Å². The highest BCUT2D eigenvalue weighted by Crippen LogP contribution is 2.17. The highest BCUT2D eigenvalue weighted by atomic mass is 19.1. The van der Waals surface area contributed by atoms with Crippen molar-refractivity contribution in [2.45, 2.75) is 25.8 Å². The van der Waals surface area contributed by atoms with Gasteiger partial charge in [0.05, 0.1) is 19.3 Å². The molecule has 0 saturated carbocycles. The molecule has 5 nitrogen and oxygen atoms in total. The number of hydrogen-bond acceptors (Lipinski definition) is 4. The lowest BCUT2D eigenvalue weighted by Gasteiger charge is -2.31. The summed E-state index contributed by atoms with van der Waals surface area (Å²) < 4.78 is 18.4. The van der Waals surface area contributed by atoms with Gasteiger partial charge in [0, 0.05) is 38.0 Å². The van der Waals surface area contributed by atoms with Crippen LogP contribution >= 0.6 is 0 Å². The van der Waals surface area contributed by atoms with Gasteiger partial charge in [0.15, 0.2) is 5.78 Å². The third kappa shape index (κ3) is 6.48. The Morgan fingerprint density at radius 1 is 1.03 bits per heavy atom. The van der Waals surface area contributed by atoms with Gasteiger partial charge in [-0.1, -0.05) is 29.8 Å². The van der Waals surface area contributed by atoms with E-state index >= 15 is 0 Å². The molecule has 1 fully saturated rings. The molecular formula is C23H27FN2O3. The van der Waals surface area contributed by atoms with Crippen molar-refractivity contribution >= 4 is 11.7 Å². The van der Waals surface area contributed by atoms with Crippen LogP contribution in [0.25, 0.3) is 0 Å². The number of carbonyl (C=O) groups excluding carboxylic acids is 2. The number of Topliss-reactive ketones (excluding diaryl/α,β-unsaturated/α-hetero) is 1. The van der Waals surface area contributed by atoms with Crippen LogP contribution in [0, 0.1) is 12.7 Å².